The second-order valence-corrected chi connectivity index (χ2v) is 9.24. The van der Waals surface area contributed by atoms with Crippen LogP contribution in [0.1, 0.15) is 15.9 Å². The summed E-state index contributed by atoms with van der Waals surface area (Å²) < 4.78 is 67.4. The maximum absolute atomic E-state index is 13.2. The highest BCUT2D eigenvalue weighted by Gasteiger charge is 2.32. The number of hydrogen-bond donors (Lipinski definition) is 2. The van der Waals surface area contributed by atoms with E-state index in [1.165, 1.54) is 29.5 Å². The molecule has 0 unspecified atom stereocenters. The molecule has 0 saturated carbocycles. The van der Waals surface area contributed by atoms with E-state index >= 15 is 0 Å². The molecule has 1 heterocycles. The zero-order valence-corrected chi connectivity index (χ0v) is 17.4. The van der Waals surface area contributed by atoms with Crippen molar-refractivity contribution in [2.24, 2.45) is 0 Å². The number of sulfonamides is 1. The predicted molar refractivity (Wildman–Crippen MR) is 107 cm³/mol. The Hall–Kier alpha value is -2.37. The van der Waals surface area contributed by atoms with Gasteiger partial charge >= 0.3 is 12.1 Å². The van der Waals surface area contributed by atoms with E-state index in [1.54, 1.807) is 17.5 Å². The Kier molecular flexibility index (Phi) is 5.74. The number of carboxylic acid groups (broad SMARTS) is 1. The second kappa shape index (κ2) is 7.81. The molecule has 0 radical (unpaired) electrons. The van der Waals surface area contributed by atoms with E-state index in [1.807, 2.05) is 0 Å². The molecule has 2 N–H and O–H groups in total. The molecule has 3 aromatic rings. The average Bonchev–Trinajstić information content (AvgIpc) is 3.15. The van der Waals surface area contributed by atoms with Gasteiger partial charge in [-0.1, -0.05) is 12.1 Å². The quantitative estimate of drug-likeness (QED) is 0.466. The SMILES string of the molecule is O=C(O)c1ccc(Br)c(S(=O)(=O)Nc2cc(C(F)(F)F)ccc2-c2cccs2)c1. The molecule has 3 rings (SSSR count). The zero-order valence-electron chi connectivity index (χ0n) is 14.2. The van der Waals surface area contributed by atoms with Gasteiger partial charge in [-0.2, -0.15) is 13.2 Å². The molecular formula is C18H11BrF3NO4S2. The first-order valence-electron chi connectivity index (χ1n) is 7.80. The first kappa shape index (κ1) is 21.3. The van der Waals surface area contributed by atoms with Gasteiger partial charge < -0.3 is 5.11 Å². The Balaban J connectivity index is 2.13. The first-order valence-corrected chi connectivity index (χ1v) is 11.0. The van der Waals surface area contributed by atoms with Gasteiger partial charge in [0.25, 0.3) is 10.0 Å². The number of hydrogen-bond acceptors (Lipinski definition) is 4. The second-order valence-electron chi connectivity index (χ2n) is 5.79. The number of benzene rings is 2. The number of carbonyl (C=O) groups is 1. The molecule has 0 saturated heterocycles. The Morgan fingerprint density at radius 2 is 1.83 bits per heavy atom. The molecule has 5 nitrogen and oxygen atoms in total. The normalized spacial score (nSPS) is 12.0. The Labute approximate surface area is 176 Å². The van der Waals surface area contributed by atoms with Gasteiger partial charge in [-0.3, -0.25) is 4.72 Å². The monoisotopic (exact) mass is 505 g/mol. The third kappa shape index (κ3) is 4.62. The van der Waals surface area contributed by atoms with Crippen LogP contribution in [-0.4, -0.2) is 19.5 Å². The summed E-state index contributed by atoms with van der Waals surface area (Å²) in [5.41, 5.74) is -1.30. The van der Waals surface area contributed by atoms with E-state index in [-0.39, 0.29) is 21.3 Å². The lowest BCUT2D eigenvalue weighted by molar-refractivity contribution is -0.137. The molecule has 1 aromatic heterocycles. The van der Waals surface area contributed by atoms with Crippen LogP contribution < -0.4 is 4.72 Å². The van der Waals surface area contributed by atoms with E-state index in [2.05, 4.69) is 20.7 Å². The van der Waals surface area contributed by atoms with E-state index in [4.69, 9.17) is 5.11 Å². The minimum atomic E-state index is -4.67. The van der Waals surface area contributed by atoms with Crippen molar-refractivity contribution in [3.63, 3.8) is 0 Å². The molecular weight excluding hydrogens is 495 g/mol. The first-order chi connectivity index (χ1) is 13.5. The smallest absolute Gasteiger partial charge is 0.416 e. The van der Waals surface area contributed by atoms with Gasteiger partial charge in [0, 0.05) is 14.9 Å². The van der Waals surface area contributed by atoms with Crippen molar-refractivity contribution < 1.29 is 31.5 Å². The summed E-state index contributed by atoms with van der Waals surface area (Å²) in [6, 6.07) is 9.46. The topological polar surface area (TPSA) is 83.5 Å². The average molecular weight is 506 g/mol. The van der Waals surface area contributed by atoms with Crippen molar-refractivity contribution in [1.82, 2.24) is 0 Å². The van der Waals surface area contributed by atoms with Crippen LogP contribution in [0.15, 0.2) is 63.3 Å². The molecule has 0 aliphatic heterocycles. The largest absolute Gasteiger partial charge is 0.478 e. The molecule has 0 amide bonds. The van der Waals surface area contributed by atoms with E-state index < -0.39 is 32.6 Å². The van der Waals surface area contributed by atoms with E-state index in [0.29, 0.717) is 10.9 Å². The Morgan fingerprint density at radius 3 is 2.41 bits per heavy atom. The molecule has 0 fully saturated rings. The van der Waals surface area contributed by atoms with Crippen molar-refractivity contribution in [1.29, 1.82) is 0 Å². The van der Waals surface area contributed by atoms with Gasteiger partial charge in [0.05, 0.1) is 16.8 Å². The van der Waals surface area contributed by atoms with Crippen LogP contribution in [0.2, 0.25) is 0 Å². The molecule has 0 bridgehead atoms. The summed E-state index contributed by atoms with van der Waals surface area (Å²) in [5.74, 6) is -1.34. The highest BCUT2D eigenvalue weighted by molar-refractivity contribution is 9.10. The molecule has 29 heavy (non-hydrogen) atoms. The van der Waals surface area contributed by atoms with Gasteiger partial charge in [-0.05, 0) is 57.7 Å². The molecule has 2 aromatic carbocycles. The van der Waals surface area contributed by atoms with Crippen LogP contribution in [0.5, 0.6) is 0 Å². The maximum Gasteiger partial charge on any atom is 0.416 e. The lowest BCUT2D eigenvalue weighted by Crippen LogP contribution is -2.16. The lowest BCUT2D eigenvalue weighted by Gasteiger charge is -2.16. The van der Waals surface area contributed by atoms with Crippen LogP contribution in [0.4, 0.5) is 18.9 Å². The van der Waals surface area contributed by atoms with Crippen LogP contribution in [-0.2, 0) is 16.2 Å². The predicted octanol–water partition coefficient (Wildman–Crippen LogP) is 5.70. The molecule has 0 spiro atoms. The fraction of sp³-hybridized carbons (Fsp3) is 0.0556. The maximum atomic E-state index is 13.2. The molecule has 0 atom stereocenters. The third-order valence-electron chi connectivity index (χ3n) is 3.85. The molecule has 11 heteroatoms. The zero-order chi connectivity index (χ0) is 21.4. The van der Waals surface area contributed by atoms with Crippen LogP contribution in [0.3, 0.4) is 0 Å². The van der Waals surface area contributed by atoms with E-state index in [9.17, 15) is 26.4 Å². The fourth-order valence-corrected chi connectivity index (χ4v) is 5.32. The standard InChI is InChI=1S/C18H11BrF3NO4S2/c19-13-6-3-10(17(24)25)8-16(13)29(26,27)23-14-9-11(18(20,21)22)4-5-12(14)15-2-1-7-28-15/h1-9,23H,(H,24,25). The number of aromatic carboxylic acids is 1. The van der Waals surface area contributed by atoms with Gasteiger partial charge in [0.2, 0.25) is 0 Å². The highest BCUT2D eigenvalue weighted by atomic mass is 79.9. The summed E-state index contributed by atoms with van der Waals surface area (Å²) in [4.78, 5) is 11.3. The Bertz CT molecular complexity index is 1180. The van der Waals surface area contributed by atoms with Crippen molar-refractivity contribution in [2.45, 2.75) is 11.1 Å². The van der Waals surface area contributed by atoms with Gasteiger partial charge in [-0.15, -0.1) is 11.3 Å². The summed E-state index contributed by atoms with van der Waals surface area (Å²) in [7, 11) is -4.40. The minimum Gasteiger partial charge on any atom is -0.478 e. The minimum absolute atomic E-state index is 0.0691. The third-order valence-corrected chi connectivity index (χ3v) is 7.11. The summed E-state index contributed by atoms with van der Waals surface area (Å²) in [6.45, 7) is 0. The number of rotatable bonds is 5. The van der Waals surface area contributed by atoms with Crippen molar-refractivity contribution in [2.75, 3.05) is 4.72 Å². The summed E-state index contributed by atoms with van der Waals surface area (Å²) >= 11 is 4.27. The van der Waals surface area contributed by atoms with Crippen LogP contribution in [0.25, 0.3) is 10.4 Å². The lowest BCUT2D eigenvalue weighted by atomic mass is 10.1. The number of nitrogens with one attached hydrogen (secondary N) is 1. The van der Waals surface area contributed by atoms with Gasteiger partial charge in [0.1, 0.15) is 4.90 Å². The van der Waals surface area contributed by atoms with Crippen LogP contribution in [0, 0.1) is 0 Å². The fourth-order valence-electron chi connectivity index (χ4n) is 2.49. The number of carboxylic acids is 1. The van der Waals surface area contributed by atoms with Crippen molar-refractivity contribution in [3.05, 3.63) is 69.5 Å². The van der Waals surface area contributed by atoms with Crippen molar-refractivity contribution >= 4 is 48.9 Å². The van der Waals surface area contributed by atoms with Gasteiger partial charge in [-0.25, -0.2) is 13.2 Å². The highest BCUT2D eigenvalue weighted by Crippen LogP contribution is 2.38. The summed E-state index contributed by atoms with van der Waals surface area (Å²) in [5, 5.41) is 10.8. The molecule has 0 aliphatic carbocycles. The van der Waals surface area contributed by atoms with Crippen molar-refractivity contribution in [3.8, 4) is 10.4 Å². The molecule has 152 valence electrons. The number of anilines is 1. The van der Waals surface area contributed by atoms with E-state index in [0.717, 1.165) is 12.1 Å². The number of thiophene rings is 1. The summed E-state index contributed by atoms with van der Waals surface area (Å²) in [6.07, 6.45) is -4.67. The van der Waals surface area contributed by atoms with Gasteiger partial charge in [0.15, 0.2) is 0 Å². The Morgan fingerprint density at radius 1 is 1.10 bits per heavy atom. The number of halogens is 4. The number of alkyl halides is 3. The van der Waals surface area contributed by atoms with Crippen LogP contribution >= 0.6 is 27.3 Å². The molecule has 0 aliphatic rings.